The molecule has 1 aromatic carbocycles. The number of carbonyl (C=O) groups excluding carboxylic acids is 1. The quantitative estimate of drug-likeness (QED) is 0.920. The van der Waals surface area contributed by atoms with Gasteiger partial charge in [-0.3, -0.25) is 9.78 Å². The molecule has 0 bridgehead atoms. The molecule has 0 radical (unpaired) electrons. The Labute approximate surface area is 145 Å². The Bertz CT molecular complexity index is 682. The molecule has 0 spiro atoms. The van der Waals surface area contributed by atoms with Gasteiger partial charge in [-0.1, -0.05) is 17.7 Å². The zero-order valence-electron chi connectivity index (χ0n) is 13.2. The van der Waals surface area contributed by atoms with Gasteiger partial charge in [-0.15, -0.1) is 0 Å². The second kappa shape index (κ2) is 7.62. The van der Waals surface area contributed by atoms with E-state index in [1.54, 1.807) is 6.20 Å². The Morgan fingerprint density at radius 3 is 2.75 bits per heavy atom. The standard InChI is InChI=1S/C18H19ClFN3O/c19-15-4-1-5-16(20)17(15)18(24)22-11-13-6-9-23(10-7-13)14-3-2-8-21-12-14/h1-5,8,12-13H,6-7,9-11H2,(H,22,24). The fraction of sp³-hybridized carbons (Fsp3) is 0.333. The average Bonchev–Trinajstić information content (AvgIpc) is 2.61. The van der Waals surface area contributed by atoms with Crippen LogP contribution in [0, 0.1) is 11.7 Å². The lowest BCUT2D eigenvalue weighted by Crippen LogP contribution is -2.38. The van der Waals surface area contributed by atoms with E-state index in [4.69, 9.17) is 11.6 Å². The minimum Gasteiger partial charge on any atom is -0.370 e. The zero-order chi connectivity index (χ0) is 16.9. The van der Waals surface area contributed by atoms with Crippen LogP contribution in [0.2, 0.25) is 5.02 Å². The summed E-state index contributed by atoms with van der Waals surface area (Å²) in [6.07, 6.45) is 5.57. The number of rotatable bonds is 4. The van der Waals surface area contributed by atoms with Crippen molar-refractivity contribution in [1.82, 2.24) is 10.3 Å². The SMILES string of the molecule is O=C(NCC1CCN(c2cccnc2)CC1)c1c(F)cccc1Cl. The lowest BCUT2D eigenvalue weighted by molar-refractivity contribution is 0.0941. The predicted molar refractivity (Wildman–Crippen MR) is 92.9 cm³/mol. The molecule has 2 heterocycles. The highest BCUT2D eigenvalue weighted by molar-refractivity contribution is 6.33. The molecule has 0 saturated carbocycles. The molecular weight excluding hydrogens is 329 g/mol. The second-order valence-electron chi connectivity index (χ2n) is 5.95. The third-order valence-corrected chi connectivity index (χ3v) is 4.68. The molecule has 24 heavy (non-hydrogen) atoms. The summed E-state index contributed by atoms with van der Waals surface area (Å²) in [6.45, 7) is 2.38. The molecule has 1 fully saturated rings. The summed E-state index contributed by atoms with van der Waals surface area (Å²) in [6, 6.07) is 8.23. The number of piperidine rings is 1. The van der Waals surface area contributed by atoms with Gasteiger partial charge in [-0.25, -0.2) is 4.39 Å². The number of halogens is 2. The highest BCUT2D eigenvalue weighted by Gasteiger charge is 2.21. The van der Waals surface area contributed by atoms with Crippen molar-refractivity contribution < 1.29 is 9.18 Å². The van der Waals surface area contributed by atoms with Crippen LogP contribution in [0.5, 0.6) is 0 Å². The molecular formula is C18H19ClFN3O. The largest absolute Gasteiger partial charge is 0.370 e. The van der Waals surface area contributed by atoms with Crippen LogP contribution in [0.3, 0.4) is 0 Å². The van der Waals surface area contributed by atoms with Crippen molar-refractivity contribution in [2.75, 3.05) is 24.5 Å². The van der Waals surface area contributed by atoms with Gasteiger partial charge in [0.25, 0.3) is 5.91 Å². The summed E-state index contributed by atoms with van der Waals surface area (Å²) in [4.78, 5) is 18.6. The van der Waals surface area contributed by atoms with Gasteiger partial charge in [0.15, 0.2) is 0 Å². The van der Waals surface area contributed by atoms with Crippen LogP contribution in [0.15, 0.2) is 42.7 Å². The zero-order valence-corrected chi connectivity index (χ0v) is 14.0. The Morgan fingerprint density at radius 2 is 2.08 bits per heavy atom. The molecule has 4 nitrogen and oxygen atoms in total. The van der Waals surface area contributed by atoms with Crippen molar-refractivity contribution in [3.05, 3.63) is 59.1 Å². The Morgan fingerprint density at radius 1 is 1.29 bits per heavy atom. The third kappa shape index (κ3) is 3.85. The molecule has 1 aromatic heterocycles. The van der Waals surface area contributed by atoms with Crippen molar-refractivity contribution >= 4 is 23.2 Å². The number of anilines is 1. The minimum atomic E-state index is -0.591. The van der Waals surface area contributed by atoms with E-state index >= 15 is 0 Å². The van der Waals surface area contributed by atoms with Crippen LogP contribution in [-0.2, 0) is 0 Å². The lowest BCUT2D eigenvalue weighted by atomic mass is 9.96. The van der Waals surface area contributed by atoms with Gasteiger partial charge < -0.3 is 10.2 Å². The first-order chi connectivity index (χ1) is 11.6. The average molecular weight is 348 g/mol. The molecule has 0 aliphatic carbocycles. The summed E-state index contributed by atoms with van der Waals surface area (Å²) < 4.78 is 13.7. The molecule has 1 aliphatic rings. The topological polar surface area (TPSA) is 45.2 Å². The molecule has 6 heteroatoms. The third-order valence-electron chi connectivity index (χ3n) is 4.37. The van der Waals surface area contributed by atoms with E-state index in [1.165, 1.54) is 18.2 Å². The molecule has 1 saturated heterocycles. The van der Waals surface area contributed by atoms with Gasteiger partial charge in [0, 0.05) is 25.8 Å². The van der Waals surface area contributed by atoms with E-state index < -0.39 is 11.7 Å². The predicted octanol–water partition coefficient (Wildman–Crippen LogP) is 3.52. The number of pyridine rings is 1. The second-order valence-corrected chi connectivity index (χ2v) is 6.36. The molecule has 126 valence electrons. The number of aromatic nitrogens is 1. The minimum absolute atomic E-state index is 0.0769. The Balaban J connectivity index is 1.51. The van der Waals surface area contributed by atoms with Crippen molar-refractivity contribution in [3.63, 3.8) is 0 Å². The maximum absolute atomic E-state index is 13.7. The van der Waals surface area contributed by atoms with Crippen LogP contribution in [0.1, 0.15) is 23.2 Å². The monoisotopic (exact) mass is 347 g/mol. The first-order valence-corrected chi connectivity index (χ1v) is 8.40. The number of nitrogens with one attached hydrogen (secondary N) is 1. The molecule has 1 amide bonds. The van der Waals surface area contributed by atoms with Crippen LogP contribution < -0.4 is 10.2 Å². The summed E-state index contributed by atoms with van der Waals surface area (Å²) in [5.41, 5.74) is 1.05. The fourth-order valence-corrected chi connectivity index (χ4v) is 3.23. The molecule has 3 rings (SSSR count). The molecule has 1 N–H and O–H groups in total. The fourth-order valence-electron chi connectivity index (χ4n) is 2.98. The van der Waals surface area contributed by atoms with E-state index in [2.05, 4.69) is 21.3 Å². The summed E-state index contributed by atoms with van der Waals surface area (Å²) >= 11 is 5.92. The molecule has 1 aliphatic heterocycles. The molecule has 2 aromatic rings. The summed E-state index contributed by atoms with van der Waals surface area (Å²) in [5, 5.41) is 2.95. The van der Waals surface area contributed by atoms with Crippen molar-refractivity contribution in [3.8, 4) is 0 Å². The highest BCUT2D eigenvalue weighted by Crippen LogP contribution is 2.23. The lowest BCUT2D eigenvalue weighted by Gasteiger charge is -2.33. The van der Waals surface area contributed by atoms with Gasteiger partial charge >= 0.3 is 0 Å². The molecule has 0 atom stereocenters. The van der Waals surface area contributed by atoms with Crippen molar-refractivity contribution in [1.29, 1.82) is 0 Å². The van der Waals surface area contributed by atoms with Crippen LogP contribution in [0.25, 0.3) is 0 Å². The van der Waals surface area contributed by atoms with E-state index in [9.17, 15) is 9.18 Å². The maximum Gasteiger partial charge on any atom is 0.255 e. The summed E-state index contributed by atoms with van der Waals surface area (Å²) in [7, 11) is 0. The maximum atomic E-state index is 13.7. The smallest absolute Gasteiger partial charge is 0.255 e. The van der Waals surface area contributed by atoms with Crippen LogP contribution in [0.4, 0.5) is 10.1 Å². The number of amides is 1. The Kier molecular flexibility index (Phi) is 5.30. The number of hydrogen-bond acceptors (Lipinski definition) is 3. The normalized spacial score (nSPS) is 15.3. The van der Waals surface area contributed by atoms with Gasteiger partial charge in [0.1, 0.15) is 5.82 Å². The van der Waals surface area contributed by atoms with E-state index in [1.807, 2.05) is 12.3 Å². The molecule has 0 unspecified atom stereocenters. The number of carbonyl (C=O) groups is 1. The Hall–Kier alpha value is -2.14. The highest BCUT2D eigenvalue weighted by atomic mass is 35.5. The van der Waals surface area contributed by atoms with E-state index in [0.717, 1.165) is 31.6 Å². The van der Waals surface area contributed by atoms with Gasteiger partial charge in [0.05, 0.1) is 22.5 Å². The van der Waals surface area contributed by atoms with E-state index in [-0.39, 0.29) is 10.6 Å². The van der Waals surface area contributed by atoms with Crippen LogP contribution >= 0.6 is 11.6 Å². The van der Waals surface area contributed by atoms with Crippen molar-refractivity contribution in [2.24, 2.45) is 5.92 Å². The number of nitrogens with zero attached hydrogens (tertiary/aromatic N) is 2. The number of benzene rings is 1. The number of hydrogen-bond donors (Lipinski definition) is 1. The van der Waals surface area contributed by atoms with Crippen LogP contribution in [-0.4, -0.2) is 30.5 Å². The van der Waals surface area contributed by atoms with Crippen molar-refractivity contribution in [2.45, 2.75) is 12.8 Å². The van der Waals surface area contributed by atoms with E-state index in [0.29, 0.717) is 12.5 Å². The van der Waals surface area contributed by atoms with Gasteiger partial charge in [-0.05, 0) is 43.0 Å². The first kappa shape index (κ1) is 16.7. The van der Waals surface area contributed by atoms with Gasteiger partial charge in [0.2, 0.25) is 0 Å². The van der Waals surface area contributed by atoms with Gasteiger partial charge in [-0.2, -0.15) is 0 Å². The summed E-state index contributed by atoms with van der Waals surface area (Å²) in [5.74, 6) is -0.661. The first-order valence-electron chi connectivity index (χ1n) is 8.02.